The summed E-state index contributed by atoms with van der Waals surface area (Å²) in [5.41, 5.74) is 7.08. The molecule has 410 valence electrons. The molecular formula is C59H65F4N3O10S. The molecule has 0 unspecified atom stereocenters. The molecule has 0 saturated carbocycles. The number of aromatic nitrogens is 2. The van der Waals surface area contributed by atoms with Gasteiger partial charge < -0.3 is 39.8 Å². The minimum Gasteiger partial charge on any atom is -0.481 e. The van der Waals surface area contributed by atoms with Gasteiger partial charge in [0.25, 0.3) is 0 Å². The number of carboxylic acids is 2. The normalized spacial score (nSPS) is 13.3. The van der Waals surface area contributed by atoms with Gasteiger partial charge >= 0.3 is 11.9 Å². The average molecular weight is 1080 g/mol. The van der Waals surface area contributed by atoms with Crippen LogP contribution in [-0.4, -0.2) is 84.5 Å². The second-order valence-corrected chi connectivity index (χ2v) is 21.3. The van der Waals surface area contributed by atoms with Gasteiger partial charge in [-0.1, -0.05) is 82.3 Å². The lowest BCUT2D eigenvalue weighted by atomic mass is 10.00. The van der Waals surface area contributed by atoms with E-state index in [1.165, 1.54) is 72.8 Å². The summed E-state index contributed by atoms with van der Waals surface area (Å²) in [7, 11) is -4.22. The monoisotopic (exact) mass is 1080 g/mol. The molecule has 7 N–H and O–H groups in total. The van der Waals surface area contributed by atoms with Gasteiger partial charge in [0.2, 0.25) is 10.0 Å². The van der Waals surface area contributed by atoms with Gasteiger partial charge in [0.15, 0.2) is 0 Å². The van der Waals surface area contributed by atoms with E-state index in [-0.39, 0.29) is 60.7 Å². The number of rotatable bonds is 24. The van der Waals surface area contributed by atoms with Crippen LogP contribution < -0.4 is 4.72 Å². The molecule has 0 bridgehead atoms. The predicted octanol–water partition coefficient (Wildman–Crippen LogP) is 10.9. The summed E-state index contributed by atoms with van der Waals surface area (Å²) in [5, 5.41) is 58.9. The SMILES string of the molecule is CC(C)c1c(S(=O)(=O)NCc2ccccc2)c(-c2ccc(F)cc2)c(-c2ccc(F)cc2)n1CC[C@@H](O)C[C@@H](O)CC(=O)O.CC(C)c1cc(-c2ccc(F)cc2)c(-c2ccc(F)cc2)n1CC[C@@H](O)C[C@@H](O)CC(=O)O. The van der Waals surface area contributed by atoms with Crippen molar-refractivity contribution in [1.29, 1.82) is 0 Å². The van der Waals surface area contributed by atoms with Crippen molar-refractivity contribution in [3.8, 4) is 44.8 Å². The molecule has 0 aliphatic rings. The zero-order chi connectivity index (χ0) is 56.1. The second kappa shape index (κ2) is 26.9. The number of carboxylic acid groups (broad SMARTS) is 2. The molecule has 0 radical (unpaired) electrons. The fraction of sp³-hybridized carbons (Fsp3) is 0.322. The zero-order valence-corrected chi connectivity index (χ0v) is 44.0. The Hall–Kier alpha value is -6.93. The third-order valence-electron chi connectivity index (χ3n) is 12.9. The van der Waals surface area contributed by atoms with Crippen LogP contribution in [0.4, 0.5) is 17.6 Å². The minimum absolute atomic E-state index is 0.0147. The highest BCUT2D eigenvalue weighted by Crippen LogP contribution is 2.45. The number of hydrogen-bond acceptors (Lipinski definition) is 8. The highest BCUT2D eigenvalue weighted by molar-refractivity contribution is 7.89. The van der Waals surface area contributed by atoms with Crippen LogP contribution in [0.2, 0.25) is 0 Å². The maximum Gasteiger partial charge on any atom is 0.305 e. The van der Waals surface area contributed by atoms with Gasteiger partial charge in [-0.3, -0.25) is 9.59 Å². The molecule has 0 amide bonds. The van der Waals surface area contributed by atoms with Gasteiger partial charge in [-0.15, -0.1) is 0 Å². The molecule has 2 aromatic heterocycles. The summed E-state index contributed by atoms with van der Waals surface area (Å²) in [4.78, 5) is 21.8. The van der Waals surface area contributed by atoms with Gasteiger partial charge in [-0.25, -0.2) is 30.7 Å². The Balaban J connectivity index is 0.000000260. The first-order valence-corrected chi connectivity index (χ1v) is 26.7. The molecule has 2 heterocycles. The number of aliphatic carboxylic acids is 2. The lowest BCUT2D eigenvalue weighted by Gasteiger charge is -2.20. The number of sulfonamides is 1. The molecule has 4 atom stereocenters. The first-order valence-electron chi connectivity index (χ1n) is 25.3. The Bertz CT molecular complexity index is 3170. The Labute approximate surface area is 445 Å². The van der Waals surface area contributed by atoms with E-state index in [2.05, 4.69) is 9.29 Å². The Morgan fingerprint density at radius 1 is 0.532 bits per heavy atom. The van der Waals surface area contributed by atoms with E-state index >= 15 is 0 Å². The maximum absolute atomic E-state index is 14.2. The third kappa shape index (κ3) is 16.1. The van der Waals surface area contributed by atoms with Crippen LogP contribution in [0.3, 0.4) is 0 Å². The lowest BCUT2D eigenvalue weighted by molar-refractivity contribution is -0.140. The smallest absolute Gasteiger partial charge is 0.305 e. The Morgan fingerprint density at radius 3 is 1.38 bits per heavy atom. The van der Waals surface area contributed by atoms with Crippen molar-refractivity contribution in [3.63, 3.8) is 0 Å². The van der Waals surface area contributed by atoms with Crippen LogP contribution in [0, 0.1) is 23.3 Å². The summed E-state index contributed by atoms with van der Waals surface area (Å²) >= 11 is 0. The molecule has 7 rings (SSSR count). The van der Waals surface area contributed by atoms with E-state index in [1.54, 1.807) is 53.1 Å². The molecule has 5 aromatic carbocycles. The van der Waals surface area contributed by atoms with Crippen molar-refractivity contribution in [3.05, 3.63) is 174 Å². The quantitative estimate of drug-likeness (QED) is 0.0285. The van der Waals surface area contributed by atoms with Crippen LogP contribution in [0.1, 0.15) is 95.0 Å². The zero-order valence-electron chi connectivity index (χ0n) is 43.2. The van der Waals surface area contributed by atoms with Crippen molar-refractivity contribution in [2.45, 2.75) is 127 Å². The van der Waals surface area contributed by atoms with Crippen molar-refractivity contribution in [2.24, 2.45) is 0 Å². The largest absolute Gasteiger partial charge is 0.481 e. The molecule has 0 aliphatic heterocycles. The van der Waals surface area contributed by atoms with Crippen LogP contribution in [-0.2, 0) is 39.2 Å². The summed E-state index contributed by atoms with van der Waals surface area (Å²) in [6.45, 7) is 8.26. The van der Waals surface area contributed by atoms with Gasteiger partial charge in [0.05, 0.1) is 48.6 Å². The number of carbonyl (C=O) groups is 2. The molecule has 0 saturated heterocycles. The summed E-state index contributed by atoms with van der Waals surface area (Å²) in [6, 6.07) is 34.4. The van der Waals surface area contributed by atoms with Gasteiger partial charge in [0, 0.05) is 42.1 Å². The molecule has 0 spiro atoms. The number of nitrogens with one attached hydrogen (secondary N) is 1. The van der Waals surface area contributed by atoms with E-state index in [0.29, 0.717) is 41.0 Å². The Morgan fingerprint density at radius 2 is 0.948 bits per heavy atom. The first-order chi connectivity index (χ1) is 36.5. The van der Waals surface area contributed by atoms with Crippen LogP contribution in [0.15, 0.2) is 138 Å². The molecule has 0 aliphatic carbocycles. The van der Waals surface area contributed by atoms with Crippen LogP contribution >= 0.6 is 0 Å². The van der Waals surface area contributed by atoms with Crippen LogP contribution in [0.5, 0.6) is 0 Å². The number of nitrogens with zero attached hydrogens (tertiary/aromatic N) is 2. The third-order valence-corrected chi connectivity index (χ3v) is 14.4. The molecule has 77 heavy (non-hydrogen) atoms. The lowest BCUT2D eigenvalue weighted by Crippen LogP contribution is -2.25. The first kappa shape index (κ1) is 59.3. The van der Waals surface area contributed by atoms with E-state index in [4.69, 9.17) is 10.2 Å². The highest BCUT2D eigenvalue weighted by Gasteiger charge is 2.34. The number of aliphatic hydroxyl groups excluding tert-OH is 4. The Kier molecular flexibility index (Phi) is 20.7. The second-order valence-electron chi connectivity index (χ2n) is 19.6. The average Bonchev–Trinajstić information content (AvgIpc) is 4.06. The summed E-state index contributed by atoms with van der Waals surface area (Å²) in [5.74, 6) is -4.23. The predicted molar refractivity (Wildman–Crippen MR) is 286 cm³/mol. The van der Waals surface area contributed by atoms with Gasteiger partial charge in [-0.05, 0) is 144 Å². The van der Waals surface area contributed by atoms with E-state index < -0.39 is 70.9 Å². The van der Waals surface area contributed by atoms with Crippen molar-refractivity contribution >= 4 is 22.0 Å². The molecular weight excluding hydrogens is 1020 g/mol. The van der Waals surface area contributed by atoms with Crippen LogP contribution in [0.25, 0.3) is 44.8 Å². The number of hydrogen-bond donors (Lipinski definition) is 7. The van der Waals surface area contributed by atoms with E-state index in [9.17, 15) is 56.0 Å². The van der Waals surface area contributed by atoms with Gasteiger partial charge in [0.1, 0.15) is 28.2 Å². The van der Waals surface area contributed by atoms with Crippen molar-refractivity contribution in [2.75, 3.05) is 0 Å². The summed E-state index contributed by atoms with van der Waals surface area (Å²) in [6.07, 6.45) is -5.21. The fourth-order valence-corrected chi connectivity index (χ4v) is 11.0. The minimum atomic E-state index is -4.22. The van der Waals surface area contributed by atoms with Crippen molar-refractivity contribution < 1.29 is 66.2 Å². The molecule has 18 heteroatoms. The van der Waals surface area contributed by atoms with Gasteiger partial charge in [-0.2, -0.15) is 0 Å². The molecule has 7 aromatic rings. The van der Waals surface area contributed by atoms with Crippen molar-refractivity contribution in [1.82, 2.24) is 13.9 Å². The topological polar surface area (TPSA) is 212 Å². The number of benzene rings is 5. The fourth-order valence-electron chi connectivity index (χ4n) is 9.38. The standard InChI is InChI=1S/C33H36F2N2O6S.C26H29F2NO4/c1-21(2)31-33(44(42,43)36-20-22-6-4-3-5-7-22)30(23-8-12-25(34)13-9-23)32(24-10-14-26(35)15-11-24)37(31)17-16-27(38)18-28(39)19-29(40)41;1-16(2)24-15-23(17-3-7-19(27)8-4-17)26(18-5-9-20(28)10-6-18)29(24)12-11-21(30)13-22(31)14-25(32)33/h3-15,21,27-28,36,38-39H,16-20H2,1-2H3,(H,40,41);3-10,15-16,21-22,30-31H,11-14H2,1-2H3,(H,32,33)/t27-,28-;21-,22-/m11/s1. The summed E-state index contributed by atoms with van der Waals surface area (Å²) < 4.78 is 90.3. The number of halogens is 4. The van der Waals surface area contributed by atoms with E-state index in [1.807, 2.05) is 39.8 Å². The van der Waals surface area contributed by atoms with E-state index in [0.717, 1.165) is 33.6 Å². The maximum atomic E-state index is 14.2. The molecule has 0 fully saturated rings. The number of aliphatic hydroxyl groups is 4. The highest BCUT2D eigenvalue weighted by atomic mass is 32.2. The molecule has 13 nitrogen and oxygen atoms in total.